The average molecular weight is 276 g/mol. The van der Waals surface area contributed by atoms with Crippen LogP contribution in [0.1, 0.15) is 13.3 Å². The Morgan fingerprint density at radius 1 is 1.37 bits per heavy atom. The van der Waals surface area contributed by atoms with Gasteiger partial charge in [0.05, 0.1) is 5.52 Å². The van der Waals surface area contributed by atoms with Crippen molar-refractivity contribution in [3.05, 3.63) is 24.5 Å². The molecule has 5 heteroatoms. The molecule has 19 heavy (non-hydrogen) atoms. The summed E-state index contributed by atoms with van der Waals surface area (Å²) in [5.74, 6) is 2.07. The minimum Gasteiger partial charge on any atom is -0.399 e. The Bertz CT molecular complexity index is 558. The van der Waals surface area contributed by atoms with Crippen molar-refractivity contribution in [2.45, 2.75) is 19.4 Å². The summed E-state index contributed by atoms with van der Waals surface area (Å²) in [6.45, 7) is 2.21. The molecule has 0 aliphatic rings. The summed E-state index contributed by atoms with van der Waals surface area (Å²) in [4.78, 5) is 11.0. The first kappa shape index (κ1) is 13.9. The molecule has 0 saturated heterocycles. The van der Waals surface area contributed by atoms with Crippen LogP contribution in [-0.2, 0) is 0 Å². The average Bonchev–Trinajstić information content (AvgIpc) is 2.43. The van der Waals surface area contributed by atoms with E-state index in [2.05, 4.69) is 35.1 Å². The van der Waals surface area contributed by atoms with Crippen LogP contribution in [-0.4, -0.2) is 35.1 Å². The van der Waals surface area contributed by atoms with E-state index in [1.165, 1.54) is 0 Å². The standard InChI is InChI=1S/C14H20N4S/c1-4-11(8-19-3)18(2)14-12-6-5-10(15)7-13(12)16-9-17-14/h5-7,9,11H,4,8,15H2,1-3H3. The highest BCUT2D eigenvalue weighted by atomic mass is 32.2. The summed E-state index contributed by atoms with van der Waals surface area (Å²) in [7, 11) is 2.10. The van der Waals surface area contributed by atoms with Gasteiger partial charge in [0.2, 0.25) is 0 Å². The van der Waals surface area contributed by atoms with Gasteiger partial charge in [-0.3, -0.25) is 0 Å². The van der Waals surface area contributed by atoms with Gasteiger partial charge in [0.15, 0.2) is 0 Å². The molecule has 0 aliphatic carbocycles. The van der Waals surface area contributed by atoms with Crippen molar-refractivity contribution < 1.29 is 0 Å². The zero-order chi connectivity index (χ0) is 13.8. The maximum atomic E-state index is 5.81. The largest absolute Gasteiger partial charge is 0.399 e. The lowest BCUT2D eigenvalue weighted by atomic mass is 10.1. The van der Waals surface area contributed by atoms with Crippen LogP contribution in [0.5, 0.6) is 0 Å². The number of rotatable bonds is 5. The lowest BCUT2D eigenvalue weighted by molar-refractivity contribution is 0.667. The second kappa shape index (κ2) is 6.10. The molecule has 1 aromatic heterocycles. The Balaban J connectivity index is 2.44. The lowest BCUT2D eigenvalue weighted by Gasteiger charge is -2.28. The van der Waals surface area contributed by atoms with Gasteiger partial charge in [-0.25, -0.2) is 9.97 Å². The Hall–Kier alpha value is -1.49. The minimum atomic E-state index is 0.477. The molecular formula is C14H20N4S. The SMILES string of the molecule is CCC(CSC)N(C)c1ncnc2cc(N)ccc12. The number of benzene rings is 1. The molecule has 0 radical (unpaired) electrons. The maximum absolute atomic E-state index is 5.81. The van der Waals surface area contributed by atoms with E-state index in [0.29, 0.717) is 6.04 Å². The predicted octanol–water partition coefficient (Wildman–Crippen LogP) is 2.79. The van der Waals surface area contributed by atoms with E-state index in [4.69, 9.17) is 5.73 Å². The fraction of sp³-hybridized carbons (Fsp3) is 0.429. The molecule has 1 aromatic carbocycles. The van der Waals surface area contributed by atoms with Crippen molar-refractivity contribution >= 4 is 34.2 Å². The highest BCUT2D eigenvalue weighted by Crippen LogP contribution is 2.26. The third-order valence-electron chi connectivity index (χ3n) is 3.35. The molecule has 0 fully saturated rings. The Morgan fingerprint density at radius 3 is 2.84 bits per heavy atom. The van der Waals surface area contributed by atoms with Gasteiger partial charge < -0.3 is 10.6 Å². The fourth-order valence-corrected chi connectivity index (χ4v) is 3.05. The van der Waals surface area contributed by atoms with E-state index in [-0.39, 0.29) is 0 Å². The molecule has 1 atom stereocenters. The zero-order valence-corrected chi connectivity index (χ0v) is 12.4. The third-order valence-corrected chi connectivity index (χ3v) is 4.07. The van der Waals surface area contributed by atoms with Gasteiger partial charge in [-0.2, -0.15) is 11.8 Å². The topological polar surface area (TPSA) is 55.0 Å². The highest BCUT2D eigenvalue weighted by molar-refractivity contribution is 7.98. The third kappa shape index (κ3) is 2.92. The van der Waals surface area contributed by atoms with Crippen LogP contribution in [0, 0.1) is 0 Å². The van der Waals surface area contributed by atoms with Gasteiger partial charge in [0.25, 0.3) is 0 Å². The van der Waals surface area contributed by atoms with Gasteiger partial charge >= 0.3 is 0 Å². The number of aromatic nitrogens is 2. The number of fused-ring (bicyclic) bond motifs is 1. The molecular weight excluding hydrogens is 256 g/mol. The lowest BCUT2D eigenvalue weighted by Crippen LogP contribution is -2.33. The van der Waals surface area contributed by atoms with E-state index in [9.17, 15) is 0 Å². The molecule has 1 unspecified atom stereocenters. The number of hydrogen-bond donors (Lipinski definition) is 1. The summed E-state index contributed by atoms with van der Waals surface area (Å²) >= 11 is 1.86. The summed E-state index contributed by atoms with van der Waals surface area (Å²) < 4.78 is 0. The van der Waals surface area contributed by atoms with Gasteiger partial charge in [-0.05, 0) is 30.9 Å². The number of nitrogen functional groups attached to an aromatic ring is 1. The van der Waals surface area contributed by atoms with Crippen molar-refractivity contribution in [3.63, 3.8) is 0 Å². The number of anilines is 2. The second-order valence-corrected chi connectivity index (χ2v) is 5.51. The molecule has 0 spiro atoms. The first-order valence-corrected chi connectivity index (χ1v) is 7.78. The van der Waals surface area contributed by atoms with Crippen LogP contribution >= 0.6 is 11.8 Å². The van der Waals surface area contributed by atoms with Gasteiger partial charge in [-0.15, -0.1) is 0 Å². The predicted molar refractivity (Wildman–Crippen MR) is 84.8 cm³/mol. The molecule has 0 aliphatic heterocycles. The molecule has 4 nitrogen and oxygen atoms in total. The number of hydrogen-bond acceptors (Lipinski definition) is 5. The molecule has 0 bridgehead atoms. The zero-order valence-electron chi connectivity index (χ0n) is 11.6. The number of nitrogens with zero attached hydrogens (tertiary/aromatic N) is 3. The summed E-state index contributed by atoms with van der Waals surface area (Å²) in [6, 6.07) is 6.27. The summed E-state index contributed by atoms with van der Waals surface area (Å²) in [6.07, 6.45) is 4.84. The van der Waals surface area contributed by atoms with Crippen molar-refractivity contribution in [2.24, 2.45) is 0 Å². The monoisotopic (exact) mass is 276 g/mol. The van der Waals surface area contributed by atoms with Crippen molar-refractivity contribution in [1.82, 2.24) is 9.97 Å². The maximum Gasteiger partial charge on any atom is 0.139 e. The molecule has 2 aromatic rings. The molecule has 0 amide bonds. The number of nitrogens with two attached hydrogens (primary N) is 1. The molecule has 1 heterocycles. The van der Waals surface area contributed by atoms with E-state index >= 15 is 0 Å². The van der Waals surface area contributed by atoms with E-state index in [1.54, 1.807) is 6.33 Å². The summed E-state index contributed by atoms with van der Waals surface area (Å²) in [5, 5.41) is 1.05. The quantitative estimate of drug-likeness (QED) is 0.851. The fourth-order valence-electron chi connectivity index (χ4n) is 2.21. The molecule has 2 rings (SSSR count). The van der Waals surface area contributed by atoms with Gasteiger partial charge in [0, 0.05) is 29.9 Å². The van der Waals surface area contributed by atoms with Crippen molar-refractivity contribution in [2.75, 3.05) is 29.7 Å². The van der Waals surface area contributed by atoms with E-state index < -0.39 is 0 Å². The molecule has 0 saturated carbocycles. The van der Waals surface area contributed by atoms with Crippen LogP contribution in [0.4, 0.5) is 11.5 Å². The molecule has 2 N–H and O–H groups in total. The second-order valence-electron chi connectivity index (χ2n) is 4.60. The molecule has 102 valence electrons. The van der Waals surface area contributed by atoms with Crippen molar-refractivity contribution in [1.29, 1.82) is 0 Å². The normalized spacial score (nSPS) is 12.6. The Morgan fingerprint density at radius 2 is 2.16 bits per heavy atom. The smallest absolute Gasteiger partial charge is 0.139 e. The van der Waals surface area contributed by atoms with Crippen LogP contribution in [0.3, 0.4) is 0 Å². The number of thioether (sulfide) groups is 1. The van der Waals surface area contributed by atoms with Crippen molar-refractivity contribution in [3.8, 4) is 0 Å². The van der Waals surface area contributed by atoms with E-state index in [0.717, 1.165) is 34.6 Å². The first-order valence-electron chi connectivity index (χ1n) is 6.39. The van der Waals surface area contributed by atoms with Crippen LogP contribution in [0.25, 0.3) is 10.9 Å². The van der Waals surface area contributed by atoms with E-state index in [1.807, 2.05) is 30.0 Å². The van der Waals surface area contributed by atoms with Gasteiger partial charge in [-0.1, -0.05) is 6.92 Å². The minimum absolute atomic E-state index is 0.477. The Kier molecular flexibility index (Phi) is 4.47. The van der Waals surface area contributed by atoms with Gasteiger partial charge in [0.1, 0.15) is 12.1 Å². The van der Waals surface area contributed by atoms with Crippen LogP contribution < -0.4 is 10.6 Å². The highest BCUT2D eigenvalue weighted by Gasteiger charge is 2.16. The van der Waals surface area contributed by atoms with Crippen LogP contribution in [0.15, 0.2) is 24.5 Å². The first-order chi connectivity index (χ1) is 9.17. The Labute approximate surface area is 118 Å². The summed E-state index contributed by atoms with van der Waals surface area (Å²) in [5.41, 5.74) is 7.44. The van der Waals surface area contributed by atoms with Crippen LogP contribution in [0.2, 0.25) is 0 Å².